The number of benzene rings is 1. The molecule has 0 spiro atoms. The van der Waals surface area contributed by atoms with E-state index in [4.69, 9.17) is 11.6 Å². The summed E-state index contributed by atoms with van der Waals surface area (Å²) in [7, 11) is 0. The minimum atomic E-state index is 0.660. The van der Waals surface area contributed by atoms with Crippen molar-refractivity contribution in [2.24, 2.45) is 5.92 Å². The smallest absolute Gasteiger partial charge is 0.0441 e. The Balaban J connectivity index is 1.97. The van der Waals surface area contributed by atoms with Crippen LogP contribution in [0, 0.1) is 5.92 Å². The van der Waals surface area contributed by atoms with Gasteiger partial charge in [0.05, 0.1) is 0 Å². The predicted molar refractivity (Wildman–Crippen MR) is 69.9 cm³/mol. The van der Waals surface area contributed by atoms with E-state index < -0.39 is 0 Å². The number of halogens is 1. The highest BCUT2D eigenvalue weighted by Crippen LogP contribution is 2.23. The second-order valence-electron chi connectivity index (χ2n) is 5.18. The Kier molecular flexibility index (Phi) is 3.88. The lowest BCUT2D eigenvalue weighted by Gasteiger charge is -2.09. The predicted octanol–water partition coefficient (Wildman–Crippen LogP) is 3.79. The highest BCUT2D eigenvalue weighted by molar-refractivity contribution is 6.31. The third-order valence-corrected chi connectivity index (χ3v) is 3.27. The Morgan fingerprint density at radius 1 is 1.38 bits per heavy atom. The molecule has 0 saturated heterocycles. The molecule has 1 nitrogen and oxygen atoms in total. The number of hydrogen-bond acceptors (Lipinski definition) is 1. The summed E-state index contributed by atoms with van der Waals surface area (Å²) in [6, 6.07) is 7.23. The van der Waals surface area contributed by atoms with Crippen molar-refractivity contribution >= 4 is 11.6 Å². The largest absolute Gasteiger partial charge is 0.310 e. The molecule has 1 aromatic carbocycles. The zero-order valence-electron chi connectivity index (χ0n) is 10.1. The molecule has 0 heterocycles. The van der Waals surface area contributed by atoms with Crippen LogP contribution in [-0.2, 0) is 13.0 Å². The minimum absolute atomic E-state index is 0.660. The molecule has 1 aromatic rings. The third kappa shape index (κ3) is 3.50. The molecule has 0 atom stereocenters. The van der Waals surface area contributed by atoms with Gasteiger partial charge in [0.1, 0.15) is 0 Å². The molecule has 1 saturated carbocycles. The van der Waals surface area contributed by atoms with E-state index in [0.717, 1.165) is 24.0 Å². The molecule has 0 aliphatic heterocycles. The lowest BCUT2D eigenvalue weighted by atomic mass is 10.0. The second-order valence-corrected chi connectivity index (χ2v) is 5.59. The first kappa shape index (κ1) is 11.9. The summed E-state index contributed by atoms with van der Waals surface area (Å²) < 4.78 is 0. The fourth-order valence-corrected chi connectivity index (χ4v) is 2.14. The summed E-state index contributed by atoms with van der Waals surface area (Å²) in [5, 5.41) is 4.42. The topological polar surface area (TPSA) is 12.0 Å². The number of nitrogens with one attached hydrogen (secondary N) is 1. The van der Waals surface area contributed by atoms with E-state index in [1.165, 1.54) is 24.0 Å². The van der Waals surface area contributed by atoms with Gasteiger partial charge in [-0.25, -0.2) is 0 Å². The quantitative estimate of drug-likeness (QED) is 0.822. The average Bonchev–Trinajstić information content (AvgIpc) is 3.02. The highest BCUT2D eigenvalue weighted by atomic mass is 35.5. The molecular weight excluding hydrogens is 218 g/mol. The Labute approximate surface area is 103 Å². The van der Waals surface area contributed by atoms with Crippen LogP contribution in [0.15, 0.2) is 18.2 Å². The highest BCUT2D eigenvalue weighted by Gasteiger charge is 2.19. The Morgan fingerprint density at radius 2 is 2.12 bits per heavy atom. The molecule has 0 radical (unpaired) electrons. The maximum Gasteiger partial charge on any atom is 0.0441 e. The van der Waals surface area contributed by atoms with Gasteiger partial charge in [-0.2, -0.15) is 0 Å². The summed E-state index contributed by atoms with van der Waals surface area (Å²) in [4.78, 5) is 0. The SMILES string of the molecule is CC(C)Cc1ccc(CNC2CC2)cc1Cl. The van der Waals surface area contributed by atoms with Crippen molar-refractivity contribution in [1.29, 1.82) is 0 Å². The van der Waals surface area contributed by atoms with Crippen LogP contribution in [0.1, 0.15) is 37.8 Å². The lowest BCUT2D eigenvalue weighted by molar-refractivity contribution is 0.646. The van der Waals surface area contributed by atoms with Crippen LogP contribution >= 0.6 is 11.6 Å². The molecule has 88 valence electrons. The molecule has 1 fully saturated rings. The summed E-state index contributed by atoms with van der Waals surface area (Å²) in [6.45, 7) is 5.39. The van der Waals surface area contributed by atoms with Crippen molar-refractivity contribution in [1.82, 2.24) is 5.32 Å². The molecule has 16 heavy (non-hydrogen) atoms. The van der Waals surface area contributed by atoms with Crippen molar-refractivity contribution in [3.05, 3.63) is 34.3 Å². The lowest BCUT2D eigenvalue weighted by Crippen LogP contribution is -2.15. The molecule has 0 bridgehead atoms. The van der Waals surface area contributed by atoms with Gasteiger partial charge in [-0.3, -0.25) is 0 Å². The standard InChI is InChI=1S/C14H20ClN/c1-10(2)7-12-4-3-11(8-14(12)15)9-16-13-5-6-13/h3-4,8,10,13,16H,5-7,9H2,1-2H3. The fraction of sp³-hybridized carbons (Fsp3) is 0.571. The van der Waals surface area contributed by atoms with Gasteiger partial charge < -0.3 is 5.32 Å². The number of rotatable bonds is 5. The molecule has 1 aliphatic carbocycles. The molecule has 2 rings (SSSR count). The number of hydrogen-bond donors (Lipinski definition) is 1. The maximum absolute atomic E-state index is 6.28. The molecule has 1 aliphatic rings. The van der Waals surface area contributed by atoms with Crippen molar-refractivity contribution in [3.63, 3.8) is 0 Å². The average molecular weight is 238 g/mol. The summed E-state index contributed by atoms with van der Waals surface area (Å²) in [5.74, 6) is 0.660. The van der Waals surface area contributed by atoms with E-state index in [1.807, 2.05) is 0 Å². The van der Waals surface area contributed by atoms with Gasteiger partial charge in [-0.1, -0.05) is 37.6 Å². The van der Waals surface area contributed by atoms with Gasteiger partial charge >= 0.3 is 0 Å². The summed E-state index contributed by atoms with van der Waals surface area (Å²) >= 11 is 6.28. The minimum Gasteiger partial charge on any atom is -0.310 e. The first-order valence-corrected chi connectivity index (χ1v) is 6.53. The second kappa shape index (κ2) is 5.20. The van der Waals surface area contributed by atoms with Crippen LogP contribution in [0.25, 0.3) is 0 Å². The molecule has 2 heteroatoms. The van der Waals surface area contributed by atoms with E-state index in [-0.39, 0.29) is 0 Å². The molecule has 0 unspecified atom stereocenters. The Morgan fingerprint density at radius 3 is 2.69 bits per heavy atom. The van der Waals surface area contributed by atoms with E-state index >= 15 is 0 Å². The van der Waals surface area contributed by atoms with Crippen molar-refractivity contribution in [2.75, 3.05) is 0 Å². The van der Waals surface area contributed by atoms with E-state index in [2.05, 4.69) is 37.4 Å². The zero-order valence-corrected chi connectivity index (χ0v) is 10.8. The van der Waals surface area contributed by atoms with Crippen LogP contribution in [0.4, 0.5) is 0 Å². The maximum atomic E-state index is 6.28. The van der Waals surface area contributed by atoms with Gasteiger partial charge in [-0.05, 0) is 42.4 Å². The van der Waals surface area contributed by atoms with Crippen LogP contribution in [0.5, 0.6) is 0 Å². The van der Waals surface area contributed by atoms with Crippen LogP contribution in [-0.4, -0.2) is 6.04 Å². The molecular formula is C14H20ClN. The third-order valence-electron chi connectivity index (χ3n) is 2.92. The molecule has 0 aromatic heterocycles. The van der Waals surface area contributed by atoms with E-state index in [9.17, 15) is 0 Å². The fourth-order valence-electron chi connectivity index (χ4n) is 1.86. The first-order chi connectivity index (χ1) is 7.65. The van der Waals surface area contributed by atoms with E-state index in [0.29, 0.717) is 5.92 Å². The Bertz CT molecular complexity index is 356. The van der Waals surface area contributed by atoms with E-state index in [1.54, 1.807) is 0 Å². The van der Waals surface area contributed by atoms with Crippen LogP contribution in [0.3, 0.4) is 0 Å². The summed E-state index contributed by atoms with van der Waals surface area (Å²) in [5.41, 5.74) is 2.57. The van der Waals surface area contributed by atoms with Crippen molar-refractivity contribution < 1.29 is 0 Å². The van der Waals surface area contributed by atoms with Gasteiger partial charge in [0.15, 0.2) is 0 Å². The zero-order chi connectivity index (χ0) is 11.5. The van der Waals surface area contributed by atoms with Gasteiger partial charge in [0.25, 0.3) is 0 Å². The molecule has 0 amide bonds. The van der Waals surface area contributed by atoms with Crippen molar-refractivity contribution in [2.45, 2.75) is 45.7 Å². The summed E-state index contributed by atoms with van der Waals surface area (Å²) in [6.07, 6.45) is 3.73. The first-order valence-electron chi connectivity index (χ1n) is 6.16. The van der Waals surface area contributed by atoms with Crippen LogP contribution < -0.4 is 5.32 Å². The molecule has 1 N–H and O–H groups in total. The van der Waals surface area contributed by atoms with Gasteiger partial charge in [-0.15, -0.1) is 0 Å². The van der Waals surface area contributed by atoms with Crippen molar-refractivity contribution in [3.8, 4) is 0 Å². The van der Waals surface area contributed by atoms with Gasteiger partial charge in [0, 0.05) is 17.6 Å². The van der Waals surface area contributed by atoms with Crippen LogP contribution in [0.2, 0.25) is 5.02 Å². The van der Waals surface area contributed by atoms with Gasteiger partial charge in [0.2, 0.25) is 0 Å². The normalized spacial score (nSPS) is 15.8. The monoisotopic (exact) mass is 237 g/mol. The Hall–Kier alpha value is -0.530.